The van der Waals surface area contributed by atoms with Crippen molar-refractivity contribution < 1.29 is 24.2 Å². The molecule has 1 aromatic heterocycles. The standard InChI is InChI=1S/C27H27N3O5/c1-17-10-11-18(14-28-17)15-29-26(33)24(12-13-25(31)32)30-27(34)35-16-23-21-8-4-2-6-19(21)20-7-3-5-9-22(20)23/h2-11,14,23-24H,12-13,15-16H2,1H3,(H,29,33)(H,30,34)(H,31,32). The molecule has 2 amide bonds. The van der Waals surface area contributed by atoms with E-state index >= 15 is 0 Å². The lowest BCUT2D eigenvalue weighted by Crippen LogP contribution is -2.47. The van der Waals surface area contributed by atoms with Gasteiger partial charge in [0.25, 0.3) is 0 Å². The number of hydrogen-bond acceptors (Lipinski definition) is 5. The molecule has 0 saturated heterocycles. The van der Waals surface area contributed by atoms with Gasteiger partial charge in [0.05, 0.1) is 0 Å². The number of carboxylic acids is 1. The molecular weight excluding hydrogens is 446 g/mol. The molecule has 1 unspecified atom stereocenters. The molecule has 8 heteroatoms. The van der Waals surface area contributed by atoms with Crippen molar-refractivity contribution in [1.82, 2.24) is 15.6 Å². The van der Waals surface area contributed by atoms with Gasteiger partial charge in [-0.25, -0.2) is 4.79 Å². The number of carbonyl (C=O) groups is 3. The third-order valence-corrected chi connectivity index (χ3v) is 6.04. The summed E-state index contributed by atoms with van der Waals surface area (Å²) in [5.74, 6) is -1.66. The molecule has 4 rings (SSSR count). The maximum atomic E-state index is 12.7. The summed E-state index contributed by atoms with van der Waals surface area (Å²) >= 11 is 0. The number of aromatic nitrogens is 1. The van der Waals surface area contributed by atoms with Crippen molar-refractivity contribution in [3.05, 3.63) is 89.2 Å². The fourth-order valence-electron chi connectivity index (χ4n) is 4.23. The summed E-state index contributed by atoms with van der Waals surface area (Å²) in [6.45, 7) is 2.17. The number of fused-ring (bicyclic) bond motifs is 3. The van der Waals surface area contributed by atoms with E-state index in [0.29, 0.717) is 0 Å². The summed E-state index contributed by atoms with van der Waals surface area (Å²) in [7, 11) is 0. The van der Waals surface area contributed by atoms with Gasteiger partial charge in [-0.1, -0.05) is 54.6 Å². The summed E-state index contributed by atoms with van der Waals surface area (Å²) < 4.78 is 5.52. The van der Waals surface area contributed by atoms with Crippen molar-refractivity contribution in [2.45, 2.75) is 38.3 Å². The average molecular weight is 474 g/mol. The van der Waals surface area contributed by atoms with Crippen LogP contribution in [0.5, 0.6) is 0 Å². The van der Waals surface area contributed by atoms with Gasteiger partial charge in [-0.15, -0.1) is 0 Å². The molecule has 0 bridgehead atoms. The quantitative estimate of drug-likeness (QED) is 0.435. The molecule has 2 aromatic carbocycles. The van der Waals surface area contributed by atoms with Crippen molar-refractivity contribution >= 4 is 18.0 Å². The van der Waals surface area contributed by atoms with Gasteiger partial charge in [0.15, 0.2) is 0 Å². The highest BCUT2D eigenvalue weighted by molar-refractivity contribution is 5.86. The zero-order chi connectivity index (χ0) is 24.8. The highest BCUT2D eigenvalue weighted by Crippen LogP contribution is 2.44. The predicted octanol–water partition coefficient (Wildman–Crippen LogP) is 3.78. The monoisotopic (exact) mass is 473 g/mol. The van der Waals surface area contributed by atoms with Gasteiger partial charge in [0.1, 0.15) is 12.6 Å². The van der Waals surface area contributed by atoms with E-state index < -0.39 is 24.0 Å². The number of aryl methyl sites for hydroxylation is 1. The molecule has 1 atom stereocenters. The van der Waals surface area contributed by atoms with Crippen LogP contribution in [0, 0.1) is 6.92 Å². The van der Waals surface area contributed by atoms with E-state index in [2.05, 4.69) is 15.6 Å². The van der Waals surface area contributed by atoms with Crippen LogP contribution in [-0.4, -0.2) is 40.7 Å². The van der Waals surface area contributed by atoms with Crippen molar-refractivity contribution in [1.29, 1.82) is 0 Å². The second kappa shape index (κ2) is 10.8. The summed E-state index contributed by atoms with van der Waals surface area (Å²) in [5, 5.41) is 14.3. The molecule has 1 aliphatic carbocycles. The molecule has 0 fully saturated rings. The second-order valence-electron chi connectivity index (χ2n) is 8.48. The Hall–Kier alpha value is -4.20. The number of carbonyl (C=O) groups excluding carboxylic acids is 2. The number of aliphatic carboxylic acids is 1. The first-order valence-electron chi connectivity index (χ1n) is 11.4. The Kier molecular flexibility index (Phi) is 7.40. The van der Waals surface area contributed by atoms with Gasteiger partial charge in [0, 0.05) is 30.8 Å². The highest BCUT2D eigenvalue weighted by Gasteiger charge is 2.30. The lowest BCUT2D eigenvalue weighted by molar-refractivity contribution is -0.137. The molecule has 1 heterocycles. The van der Waals surface area contributed by atoms with E-state index in [4.69, 9.17) is 9.84 Å². The minimum Gasteiger partial charge on any atom is -0.481 e. The lowest BCUT2D eigenvalue weighted by Gasteiger charge is -2.19. The average Bonchev–Trinajstić information content (AvgIpc) is 3.18. The SMILES string of the molecule is Cc1ccc(CNC(=O)C(CCC(=O)O)NC(=O)OCC2c3ccccc3-c3ccccc32)cn1. The zero-order valence-electron chi connectivity index (χ0n) is 19.4. The van der Waals surface area contributed by atoms with E-state index in [9.17, 15) is 14.4 Å². The van der Waals surface area contributed by atoms with Gasteiger partial charge in [0.2, 0.25) is 5.91 Å². The first-order chi connectivity index (χ1) is 16.9. The van der Waals surface area contributed by atoms with Crippen LogP contribution in [0.3, 0.4) is 0 Å². The normalized spacial score (nSPS) is 12.8. The number of amides is 2. The van der Waals surface area contributed by atoms with E-state index in [1.165, 1.54) is 0 Å². The van der Waals surface area contributed by atoms with Gasteiger partial charge in [-0.05, 0) is 47.2 Å². The molecule has 0 aliphatic heterocycles. The van der Waals surface area contributed by atoms with Crippen molar-refractivity contribution in [3.8, 4) is 11.1 Å². The fourth-order valence-corrected chi connectivity index (χ4v) is 4.23. The highest BCUT2D eigenvalue weighted by atomic mass is 16.5. The Labute approximate surface area is 203 Å². The third-order valence-electron chi connectivity index (χ3n) is 6.04. The van der Waals surface area contributed by atoms with Crippen LogP contribution in [0.4, 0.5) is 4.79 Å². The van der Waals surface area contributed by atoms with Gasteiger partial charge in [-0.2, -0.15) is 0 Å². The molecule has 1 aliphatic rings. The van der Waals surface area contributed by atoms with Crippen LogP contribution in [0.25, 0.3) is 11.1 Å². The predicted molar refractivity (Wildman–Crippen MR) is 130 cm³/mol. The summed E-state index contributed by atoms with van der Waals surface area (Å²) in [6.07, 6.45) is 0.557. The van der Waals surface area contributed by atoms with Gasteiger partial charge < -0.3 is 20.5 Å². The lowest BCUT2D eigenvalue weighted by atomic mass is 9.98. The summed E-state index contributed by atoms with van der Waals surface area (Å²) in [6, 6.07) is 18.6. The van der Waals surface area contributed by atoms with E-state index in [0.717, 1.165) is 33.5 Å². The topological polar surface area (TPSA) is 118 Å². The third kappa shape index (κ3) is 5.84. The Bertz CT molecular complexity index is 1180. The largest absolute Gasteiger partial charge is 0.481 e. The molecule has 3 N–H and O–H groups in total. The van der Waals surface area contributed by atoms with Crippen LogP contribution in [0.1, 0.15) is 41.1 Å². The smallest absolute Gasteiger partial charge is 0.407 e. The Balaban J connectivity index is 1.38. The molecule has 8 nitrogen and oxygen atoms in total. The minimum atomic E-state index is -1.06. The Morgan fingerprint density at radius 3 is 2.26 bits per heavy atom. The molecule has 35 heavy (non-hydrogen) atoms. The number of benzene rings is 2. The molecular formula is C27H27N3O5. The zero-order valence-corrected chi connectivity index (χ0v) is 19.4. The first kappa shape index (κ1) is 23.9. The number of pyridine rings is 1. The van der Waals surface area contributed by atoms with Crippen LogP contribution < -0.4 is 10.6 Å². The summed E-state index contributed by atoms with van der Waals surface area (Å²) in [5.41, 5.74) is 6.03. The molecule has 3 aromatic rings. The number of nitrogens with zero attached hydrogens (tertiary/aromatic N) is 1. The number of hydrogen-bond donors (Lipinski definition) is 3. The van der Waals surface area contributed by atoms with Crippen LogP contribution >= 0.6 is 0 Å². The van der Waals surface area contributed by atoms with Crippen LogP contribution in [-0.2, 0) is 20.9 Å². The second-order valence-corrected chi connectivity index (χ2v) is 8.48. The number of rotatable bonds is 9. The molecule has 0 spiro atoms. The van der Waals surface area contributed by atoms with Crippen molar-refractivity contribution in [2.75, 3.05) is 6.61 Å². The van der Waals surface area contributed by atoms with E-state index in [-0.39, 0.29) is 31.9 Å². The molecule has 180 valence electrons. The maximum Gasteiger partial charge on any atom is 0.407 e. The number of nitrogens with one attached hydrogen (secondary N) is 2. The van der Waals surface area contributed by atoms with E-state index in [1.54, 1.807) is 6.20 Å². The van der Waals surface area contributed by atoms with Crippen LogP contribution in [0.15, 0.2) is 66.9 Å². The van der Waals surface area contributed by atoms with Gasteiger partial charge >= 0.3 is 12.1 Å². The minimum absolute atomic E-state index is 0.0580. The summed E-state index contributed by atoms with van der Waals surface area (Å²) in [4.78, 5) is 40.6. The number of ether oxygens (including phenoxy) is 1. The van der Waals surface area contributed by atoms with Crippen LogP contribution in [0.2, 0.25) is 0 Å². The fraction of sp³-hybridized carbons (Fsp3) is 0.259. The molecule has 0 radical (unpaired) electrons. The Morgan fingerprint density at radius 1 is 1.00 bits per heavy atom. The Morgan fingerprint density at radius 2 is 1.66 bits per heavy atom. The van der Waals surface area contributed by atoms with Gasteiger partial charge in [-0.3, -0.25) is 14.6 Å². The van der Waals surface area contributed by atoms with E-state index in [1.807, 2.05) is 67.6 Å². The van der Waals surface area contributed by atoms with Crippen molar-refractivity contribution in [2.24, 2.45) is 0 Å². The number of carboxylic acid groups (broad SMARTS) is 1. The van der Waals surface area contributed by atoms with Crippen molar-refractivity contribution in [3.63, 3.8) is 0 Å². The molecule has 0 saturated carbocycles. The first-order valence-corrected chi connectivity index (χ1v) is 11.4. The maximum absolute atomic E-state index is 12.7. The number of alkyl carbamates (subject to hydrolysis) is 1.